The summed E-state index contributed by atoms with van der Waals surface area (Å²) in [6, 6.07) is 6.78. The largest absolute Gasteiger partial charge is 0.314 e. The Hall–Kier alpha value is -1.68. The summed E-state index contributed by atoms with van der Waals surface area (Å²) in [4.78, 5) is 4.06. The molecule has 0 saturated heterocycles. The highest BCUT2D eigenvalue weighted by Crippen LogP contribution is 2.09. The molecule has 0 aromatic carbocycles. The van der Waals surface area contributed by atoms with Crippen molar-refractivity contribution in [2.45, 2.75) is 32.2 Å². The maximum Gasteiger partial charge on any atom is 0.0492 e. The second-order valence-electron chi connectivity index (χ2n) is 4.80. The van der Waals surface area contributed by atoms with Gasteiger partial charge >= 0.3 is 0 Å². The highest BCUT2D eigenvalue weighted by Gasteiger charge is 2.09. The minimum absolute atomic E-state index is 0.502. The van der Waals surface area contributed by atoms with Crippen molar-refractivity contribution >= 4 is 0 Å². The van der Waals surface area contributed by atoms with Crippen molar-refractivity contribution in [3.63, 3.8) is 0 Å². The number of hydrogen-bond acceptors (Lipinski definition) is 3. The molecule has 2 heterocycles. The van der Waals surface area contributed by atoms with Crippen LogP contribution >= 0.6 is 0 Å². The van der Waals surface area contributed by atoms with Crippen LogP contribution in [0.1, 0.15) is 24.6 Å². The minimum Gasteiger partial charge on any atom is -0.314 e. The molecule has 2 aromatic heterocycles. The van der Waals surface area contributed by atoms with Gasteiger partial charge in [-0.1, -0.05) is 6.92 Å². The second-order valence-corrected chi connectivity index (χ2v) is 4.80. The Morgan fingerprint density at radius 1 is 1.21 bits per heavy atom. The van der Waals surface area contributed by atoms with Gasteiger partial charge in [0.05, 0.1) is 0 Å². The standard InChI is InChI=1S/C15H22N4/c1-3-17-14(12-13-6-9-16-10-7-13)4-5-15-8-11-18-19(15)2/h6-11,14,17H,3-5,12H2,1-2H3. The average Bonchev–Trinajstić information content (AvgIpc) is 2.83. The third-order valence-electron chi connectivity index (χ3n) is 3.40. The first-order valence-electron chi connectivity index (χ1n) is 6.88. The van der Waals surface area contributed by atoms with Gasteiger partial charge < -0.3 is 5.32 Å². The zero-order valence-electron chi connectivity index (χ0n) is 11.7. The van der Waals surface area contributed by atoms with Crippen molar-refractivity contribution in [2.75, 3.05) is 6.54 Å². The van der Waals surface area contributed by atoms with Crippen LogP contribution in [0.2, 0.25) is 0 Å². The summed E-state index contributed by atoms with van der Waals surface area (Å²) in [5, 5.41) is 7.78. The van der Waals surface area contributed by atoms with E-state index in [-0.39, 0.29) is 0 Å². The molecule has 2 aromatic rings. The number of aryl methyl sites for hydroxylation is 2. The summed E-state index contributed by atoms with van der Waals surface area (Å²) in [5.74, 6) is 0. The molecule has 0 bridgehead atoms. The van der Waals surface area contributed by atoms with Gasteiger partial charge in [-0.2, -0.15) is 5.10 Å². The molecular weight excluding hydrogens is 236 g/mol. The Morgan fingerprint density at radius 3 is 2.63 bits per heavy atom. The topological polar surface area (TPSA) is 42.7 Å². The highest BCUT2D eigenvalue weighted by molar-refractivity contribution is 5.11. The van der Waals surface area contributed by atoms with E-state index in [4.69, 9.17) is 0 Å². The molecule has 102 valence electrons. The average molecular weight is 258 g/mol. The molecule has 4 nitrogen and oxygen atoms in total. The molecule has 0 aliphatic carbocycles. The van der Waals surface area contributed by atoms with Crippen molar-refractivity contribution in [3.05, 3.63) is 48.0 Å². The van der Waals surface area contributed by atoms with Crippen LogP contribution in [0.4, 0.5) is 0 Å². The van der Waals surface area contributed by atoms with Crippen LogP contribution in [0.3, 0.4) is 0 Å². The van der Waals surface area contributed by atoms with Crippen LogP contribution in [0.5, 0.6) is 0 Å². The third-order valence-corrected chi connectivity index (χ3v) is 3.40. The first-order chi connectivity index (χ1) is 9.29. The summed E-state index contributed by atoms with van der Waals surface area (Å²) in [7, 11) is 2.00. The molecule has 0 aliphatic rings. The zero-order chi connectivity index (χ0) is 13.5. The summed E-state index contributed by atoms with van der Waals surface area (Å²) in [5.41, 5.74) is 2.63. The van der Waals surface area contributed by atoms with E-state index in [0.29, 0.717) is 6.04 Å². The van der Waals surface area contributed by atoms with Crippen molar-refractivity contribution in [1.29, 1.82) is 0 Å². The Balaban J connectivity index is 1.91. The first-order valence-corrected chi connectivity index (χ1v) is 6.88. The van der Waals surface area contributed by atoms with Crippen molar-refractivity contribution in [3.8, 4) is 0 Å². The first kappa shape index (κ1) is 13.7. The van der Waals surface area contributed by atoms with Crippen LogP contribution in [-0.2, 0) is 19.9 Å². The molecule has 2 rings (SSSR count). The number of hydrogen-bond donors (Lipinski definition) is 1. The lowest BCUT2D eigenvalue weighted by Crippen LogP contribution is -2.31. The number of likely N-dealkylation sites (N-methyl/N-ethyl adjacent to an activating group) is 1. The number of aromatic nitrogens is 3. The van der Waals surface area contributed by atoms with Gasteiger partial charge in [0.25, 0.3) is 0 Å². The third kappa shape index (κ3) is 4.17. The fraction of sp³-hybridized carbons (Fsp3) is 0.467. The maximum absolute atomic E-state index is 4.21. The molecule has 0 radical (unpaired) electrons. The molecule has 19 heavy (non-hydrogen) atoms. The predicted molar refractivity (Wildman–Crippen MR) is 76.9 cm³/mol. The SMILES string of the molecule is CCNC(CCc1ccnn1C)Cc1ccncc1. The van der Waals surface area contributed by atoms with Gasteiger partial charge in [0.15, 0.2) is 0 Å². The summed E-state index contributed by atoms with van der Waals surface area (Å²) in [6.07, 6.45) is 8.81. The Morgan fingerprint density at radius 2 is 2.00 bits per heavy atom. The number of pyridine rings is 1. The molecule has 0 amide bonds. The fourth-order valence-corrected chi connectivity index (χ4v) is 2.34. The normalized spacial score (nSPS) is 12.5. The predicted octanol–water partition coefficient (Wildman–Crippen LogP) is 1.97. The molecule has 0 aliphatic heterocycles. The monoisotopic (exact) mass is 258 g/mol. The molecule has 1 unspecified atom stereocenters. The van der Waals surface area contributed by atoms with E-state index >= 15 is 0 Å². The summed E-state index contributed by atoms with van der Waals surface area (Å²) < 4.78 is 1.95. The highest BCUT2D eigenvalue weighted by atomic mass is 15.2. The minimum atomic E-state index is 0.502. The summed E-state index contributed by atoms with van der Waals surface area (Å²) >= 11 is 0. The van der Waals surface area contributed by atoms with Crippen LogP contribution in [0.25, 0.3) is 0 Å². The van der Waals surface area contributed by atoms with Gasteiger partial charge in [0, 0.05) is 37.4 Å². The smallest absolute Gasteiger partial charge is 0.0492 e. The molecule has 0 fully saturated rings. The van der Waals surface area contributed by atoms with E-state index in [9.17, 15) is 0 Å². The van der Waals surface area contributed by atoms with Gasteiger partial charge in [-0.15, -0.1) is 0 Å². The number of nitrogens with zero attached hydrogens (tertiary/aromatic N) is 3. The van der Waals surface area contributed by atoms with Crippen LogP contribution in [-0.4, -0.2) is 27.4 Å². The van der Waals surface area contributed by atoms with E-state index in [1.54, 1.807) is 0 Å². The lowest BCUT2D eigenvalue weighted by Gasteiger charge is -2.18. The van der Waals surface area contributed by atoms with Crippen molar-refractivity contribution < 1.29 is 0 Å². The van der Waals surface area contributed by atoms with E-state index in [1.165, 1.54) is 11.3 Å². The molecule has 1 N–H and O–H groups in total. The Bertz CT molecular complexity index is 478. The van der Waals surface area contributed by atoms with Gasteiger partial charge in [0.1, 0.15) is 0 Å². The zero-order valence-corrected chi connectivity index (χ0v) is 11.7. The quantitative estimate of drug-likeness (QED) is 0.825. The van der Waals surface area contributed by atoms with E-state index in [1.807, 2.05) is 30.3 Å². The van der Waals surface area contributed by atoms with Crippen LogP contribution in [0.15, 0.2) is 36.8 Å². The lowest BCUT2D eigenvalue weighted by atomic mass is 10.0. The van der Waals surface area contributed by atoms with Gasteiger partial charge in [-0.3, -0.25) is 9.67 Å². The fourth-order valence-electron chi connectivity index (χ4n) is 2.34. The van der Waals surface area contributed by atoms with E-state index in [0.717, 1.165) is 25.8 Å². The van der Waals surface area contributed by atoms with Gasteiger partial charge in [-0.05, 0) is 49.6 Å². The van der Waals surface area contributed by atoms with E-state index in [2.05, 4.69) is 40.5 Å². The molecule has 0 spiro atoms. The number of rotatable bonds is 7. The van der Waals surface area contributed by atoms with E-state index < -0.39 is 0 Å². The van der Waals surface area contributed by atoms with Crippen molar-refractivity contribution in [2.24, 2.45) is 7.05 Å². The molecule has 1 atom stereocenters. The number of nitrogens with one attached hydrogen (secondary N) is 1. The second kappa shape index (κ2) is 7.04. The Labute approximate surface area is 114 Å². The molecule has 4 heteroatoms. The molecular formula is C15H22N4. The van der Waals surface area contributed by atoms with Gasteiger partial charge in [-0.25, -0.2) is 0 Å². The lowest BCUT2D eigenvalue weighted by molar-refractivity contribution is 0.483. The Kier molecular flexibility index (Phi) is 5.10. The van der Waals surface area contributed by atoms with Crippen LogP contribution in [0, 0.1) is 0 Å². The molecule has 0 saturated carbocycles. The summed E-state index contributed by atoms with van der Waals surface area (Å²) in [6.45, 7) is 3.16. The van der Waals surface area contributed by atoms with Gasteiger partial charge in [0.2, 0.25) is 0 Å². The van der Waals surface area contributed by atoms with Crippen molar-refractivity contribution in [1.82, 2.24) is 20.1 Å². The van der Waals surface area contributed by atoms with Crippen LogP contribution < -0.4 is 5.32 Å². The maximum atomic E-state index is 4.21.